The molecule has 21 heavy (non-hydrogen) atoms. The Balaban J connectivity index is 2.22. The molecule has 9 heteroatoms. The monoisotopic (exact) mass is 302 g/mol. The molecule has 104 valence electrons. The Labute approximate surface area is 123 Å². The van der Waals surface area contributed by atoms with E-state index in [-0.39, 0.29) is 16.5 Å². The average molecular weight is 303 g/mol. The fraction of sp³-hybridized carbons (Fsp3) is 0. The predicted molar refractivity (Wildman–Crippen MR) is 74.0 cm³/mol. The van der Waals surface area contributed by atoms with Gasteiger partial charge in [-0.05, 0) is 12.1 Å². The molecule has 0 fully saturated rings. The predicted octanol–water partition coefficient (Wildman–Crippen LogP) is 2.29. The van der Waals surface area contributed by atoms with Gasteiger partial charge in [-0.25, -0.2) is 14.6 Å². The standard InChI is InChI=1S/C12H7ClN6O2/c13-12-11(19(20)21)10(14-7-15-12)9-6-16-17-18(9)8-4-2-1-3-5-8/h1-7H. The number of halogens is 1. The molecule has 0 N–H and O–H groups in total. The molecule has 0 aliphatic rings. The maximum Gasteiger partial charge on any atom is 0.334 e. The van der Waals surface area contributed by atoms with Crippen molar-refractivity contribution in [3.05, 3.63) is 58.1 Å². The maximum atomic E-state index is 11.2. The largest absolute Gasteiger partial charge is 0.334 e. The highest BCUT2D eigenvalue weighted by Crippen LogP contribution is 2.32. The van der Waals surface area contributed by atoms with Crippen LogP contribution in [0.4, 0.5) is 5.69 Å². The van der Waals surface area contributed by atoms with E-state index in [9.17, 15) is 10.1 Å². The van der Waals surface area contributed by atoms with Gasteiger partial charge in [0.25, 0.3) is 0 Å². The van der Waals surface area contributed by atoms with E-state index in [0.717, 1.165) is 6.33 Å². The number of hydrogen-bond acceptors (Lipinski definition) is 6. The third-order valence-electron chi connectivity index (χ3n) is 2.75. The van der Waals surface area contributed by atoms with E-state index < -0.39 is 4.92 Å². The van der Waals surface area contributed by atoms with E-state index in [0.29, 0.717) is 11.4 Å². The zero-order valence-electron chi connectivity index (χ0n) is 10.4. The van der Waals surface area contributed by atoms with Crippen molar-refractivity contribution in [2.24, 2.45) is 0 Å². The van der Waals surface area contributed by atoms with Gasteiger partial charge >= 0.3 is 5.69 Å². The Morgan fingerprint density at radius 3 is 2.67 bits per heavy atom. The lowest BCUT2D eigenvalue weighted by atomic mass is 10.2. The number of benzene rings is 1. The summed E-state index contributed by atoms with van der Waals surface area (Å²) in [6.45, 7) is 0. The normalized spacial score (nSPS) is 10.5. The van der Waals surface area contributed by atoms with Gasteiger partial charge in [0, 0.05) is 0 Å². The molecule has 0 bridgehead atoms. The molecule has 0 saturated heterocycles. The second-order valence-electron chi connectivity index (χ2n) is 3.99. The van der Waals surface area contributed by atoms with Gasteiger partial charge in [-0.3, -0.25) is 10.1 Å². The molecule has 3 aromatic rings. The van der Waals surface area contributed by atoms with Crippen molar-refractivity contribution in [2.45, 2.75) is 0 Å². The van der Waals surface area contributed by atoms with Gasteiger partial charge in [0.1, 0.15) is 12.0 Å². The van der Waals surface area contributed by atoms with Crippen LogP contribution in [0.5, 0.6) is 0 Å². The van der Waals surface area contributed by atoms with Crippen molar-refractivity contribution < 1.29 is 4.92 Å². The molecule has 0 unspecified atom stereocenters. The molecular formula is C12H7ClN6O2. The Kier molecular flexibility index (Phi) is 3.28. The summed E-state index contributed by atoms with van der Waals surface area (Å²) in [7, 11) is 0. The maximum absolute atomic E-state index is 11.2. The first-order valence-corrected chi connectivity index (χ1v) is 6.17. The van der Waals surface area contributed by atoms with E-state index in [1.807, 2.05) is 18.2 Å². The molecule has 0 spiro atoms. The Morgan fingerprint density at radius 2 is 1.95 bits per heavy atom. The Hall–Kier alpha value is -2.87. The third-order valence-corrected chi connectivity index (χ3v) is 3.03. The van der Waals surface area contributed by atoms with Crippen LogP contribution in [0.25, 0.3) is 17.1 Å². The lowest BCUT2D eigenvalue weighted by molar-refractivity contribution is -0.384. The van der Waals surface area contributed by atoms with Gasteiger partial charge in [0.15, 0.2) is 5.69 Å². The van der Waals surface area contributed by atoms with Crippen LogP contribution in [0.3, 0.4) is 0 Å². The van der Waals surface area contributed by atoms with E-state index in [1.165, 1.54) is 10.9 Å². The quantitative estimate of drug-likeness (QED) is 0.418. The number of hydrogen-bond donors (Lipinski definition) is 0. The van der Waals surface area contributed by atoms with Crippen molar-refractivity contribution in [3.8, 4) is 17.1 Å². The first kappa shape index (κ1) is 13.1. The summed E-state index contributed by atoms with van der Waals surface area (Å²) < 4.78 is 1.45. The van der Waals surface area contributed by atoms with E-state index in [4.69, 9.17) is 11.6 Å². The molecule has 1 aromatic carbocycles. The molecule has 0 aliphatic carbocycles. The highest BCUT2D eigenvalue weighted by molar-refractivity contribution is 6.31. The molecule has 0 aliphatic heterocycles. The van der Waals surface area contributed by atoms with E-state index in [2.05, 4.69) is 20.3 Å². The Morgan fingerprint density at radius 1 is 1.19 bits per heavy atom. The number of nitrogens with zero attached hydrogens (tertiary/aromatic N) is 6. The molecule has 3 rings (SSSR count). The SMILES string of the molecule is O=[N+]([O-])c1c(Cl)ncnc1-c1cnnn1-c1ccccc1. The summed E-state index contributed by atoms with van der Waals surface area (Å²) in [6.07, 6.45) is 2.55. The number of nitro groups is 1. The van der Waals surface area contributed by atoms with Crippen LogP contribution in [0.15, 0.2) is 42.9 Å². The van der Waals surface area contributed by atoms with E-state index in [1.54, 1.807) is 12.1 Å². The smallest absolute Gasteiger partial charge is 0.258 e. The van der Waals surface area contributed by atoms with Gasteiger partial charge in [0.05, 0.1) is 16.8 Å². The van der Waals surface area contributed by atoms with Crippen LogP contribution >= 0.6 is 11.6 Å². The fourth-order valence-corrected chi connectivity index (χ4v) is 2.07. The minimum Gasteiger partial charge on any atom is -0.258 e. The van der Waals surface area contributed by atoms with Crippen LogP contribution in [-0.2, 0) is 0 Å². The summed E-state index contributed by atoms with van der Waals surface area (Å²) in [6, 6.07) is 9.09. The van der Waals surface area contributed by atoms with Crippen LogP contribution in [-0.4, -0.2) is 29.9 Å². The van der Waals surface area contributed by atoms with Gasteiger partial charge in [-0.15, -0.1) is 5.10 Å². The highest BCUT2D eigenvalue weighted by Gasteiger charge is 2.25. The summed E-state index contributed by atoms with van der Waals surface area (Å²) in [5.74, 6) is 0. The van der Waals surface area contributed by atoms with Crippen molar-refractivity contribution in [1.82, 2.24) is 25.0 Å². The van der Waals surface area contributed by atoms with Crippen molar-refractivity contribution in [1.29, 1.82) is 0 Å². The summed E-state index contributed by atoms with van der Waals surface area (Å²) in [5, 5.41) is 18.7. The molecule has 0 amide bonds. The molecule has 8 nitrogen and oxygen atoms in total. The molecule has 0 saturated carbocycles. The van der Waals surface area contributed by atoms with Crippen molar-refractivity contribution >= 4 is 17.3 Å². The number of para-hydroxylation sites is 1. The number of aromatic nitrogens is 5. The minimum absolute atomic E-state index is 0.0638. The minimum atomic E-state index is -0.625. The third kappa shape index (κ3) is 2.32. The van der Waals surface area contributed by atoms with Crippen molar-refractivity contribution in [2.75, 3.05) is 0 Å². The van der Waals surface area contributed by atoms with Gasteiger partial charge in [0.2, 0.25) is 5.15 Å². The average Bonchev–Trinajstić information content (AvgIpc) is 2.96. The zero-order valence-corrected chi connectivity index (χ0v) is 11.2. The lowest BCUT2D eigenvalue weighted by Crippen LogP contribution is -2.03. The van der Waals surface area contributed by atoms with Gasteiger partial charge < -0.3 is 0 Å². The lowest BCUT2D eigenvalue weighted by Gasteiger charge is -2.06. The first-order valence-electron chi connectivity index (χ1n) is 5.80. The molecular weight excluding hydrogens is 296 g/mol. The van der Waals surface area contributed by atoms with Crippen molar-refractivity contribution in [3.63, 3.8) is 0 Å². The molecule has 2 heterocycles. The van der Waals surface area contributed by atoms with Crippen LogP contribution < -0.4 is 0 Å². The van der Waals surface area contributed by atoms with Crippen LogP contribution in [0.2, 0.25) is 5.15 Å². The second-order valence-corrected chi connectivity index (χ2v) is 4.34. The Bertz CT molecular complexity index is 805. The second kappa shape index (κ2) is 5.25. The molecule has 0 radical (unpaired) electrons. The highest BCUT2D eigenvalue weighted by atomic mass is 35.5. The van der Waals surface area contributed by atoms with Gasteiger partial charge in [-0.1, -0.05) is 35.0 Å². The number of rotatable bonds is 3. The topological polar surface area (TPSA) is 99.6 Å². The molecule has 0 atom stereocenters. The summed E-state index contributed by atoms with van der Waals surface area (Å²) >= 11 is 5.80. The van der Waals surface area contributed by atoms with Gasteiger partial charge in [-0.2, -0.15) is 0 Å². The molecule has 2 aromatic heterocycles. The fourth-order valence-electron chi connectivity index (χ4n) is 1.86. The van der Waals surface area contributed by atoms with E-state index >= 15 is 0 Å². The van der Waals surface area contributed by atoms with Crippen LogP contribution in [0, 0.1) is 10.1 Å². The summed E-state index contributed by atoms with van der Waals surface area (Å²) in [5.41, 5.74) is 0.749. The summed E-state index contributed by atoms with van der Waals surface area (Å²) in [4.78, 5) is 18.1. The first-order chi connectivity index (χ1) is 10.2. The van der Waals surface area contributed by atoms with Crippen LogP contribution in [0.1, 0.15) is 0 Å². The zero-order chi connectivity index (χ0) is 14.8.